The van der Waals surface area contributed by atoms with Crippen LogP contribution in [0.5, 0.6) is 0 Å². The topological polar surface area (TPSA) is 60.5 Å². The van der Waals surface area contributed by atoms with E-state index in [-0.39, 0.29) is 11.9 Å². The fourth-order valence-electron chi connectivity index (χ4n) is 4.06. The fourth-order valence-corrected chi connectivity index (χ4v) is 4.06. The van der Waals surface area contributed by atoms with Crippen molar-refractivity contribution in [3.8, 4) is 5.82 Å². The van der Waals surface area contributed by atoms with Gasteiger partial charge in [0.25, 0.3) is 5.91 Å². The third-order valence-electron chi connectivity index (χ3n) is 5.60. The van der Waals surface area contributed by atoms with E-state index < -0.39 is 0 Å². The highest BCUT2D eigenvalue weighted by Gasteiger charge is 2.30. The van der Waals surface area contributed by atoms with Gasteiger partial charge in [0, 0.05) is 30.6 Å². The zero-order valence-corrected chi connectivity index (χ0v) is 17.2. The summed E-state index contributed by atoms with van der Waals surface area (Å²) in [5, 5.41) is 4.12. The van der Waals surface area contributed by atoms with Crippen LogP contribution in [0, 0.1) is 20.8 Å². The van der Waals surface area contributed by atoms with Crippen LogP contribution in [0.1, 0.15) is 39.5 Å². The van der Waals surface area contributed by atoms with Crippen molar-refractivity contribution in [1.82, 2.24) is 14.6 Å². The van der Waals surface area contributed by atoms with Crippen LogP contribution in [0.2, 0.25) is 0 Å². The lowest BCUT2D eigenvalue weighted by Gasteiger charge is -2.28. The Morgan fingerprint density at radius 3 is 2.66 bits per heavy atom. The Kier molecular flexibility index (Phi) is 5.53. The van der Waals surface area contributed by atoms with Crippen LogP contribution in [0.4, 0.5) is 0 Å². The molecule has 1 saturated heterocycles. The molecule has 3 heterocycles. The van der Waals surface area contributed by atoms with Gasteiger partial charge in [-0.3, -0.25) is 9.36 Å². The maximum absolute atomic E-state index is 13.6. The second-order valence-corrected chi connectivity index (χ2v) is 7.67. The van der Waals surface area contributed by atoms with E-state index in [0.717, 1.165) is 30.0 Å². The molecule has 0 aliphatic carbocycles. The molecule has 0 radical (unpaired) electrons. The number of carbonyl (C=O) groups is 1. The lowest BCUT2D eigenvalue weighted by molar-refractivity contribution is 0.0655. The monoisotopic (exact) mass is 393 g/mol. The van der Waals surface area contributed by atoms with E-state index in [9.17, 15) is 4.79 Å². The molecule has 1 aliphatic heterocycles. The zero-order chi connectivity index (χ0) is 20.4. The smallest absolute Gasteiger partial charge is 0.256 e. The van der Waals surface area contributed by atoms with Crippen LogP contribution in [-0.4, -0.2) is 46.3 Å². The van der Waals surface area contributed by atoms with Gasteiger partial charge in [0.15, 0.2) is 5.82 Å². The predicted octanol–water partition coefficient (Wildman–Crippen LogP) is 3.86. The van der Waals surface area contributed by atoms with Crippen molar-refractivity contribution in [3.63, 3.8) is 0 Å². The standard InChI is InChI=1S/C23H27N3O3/c1-16-13-21(18(3)26(16)22-14-17(2)29-24-22)23(27)25(20-10-12-28-15-20)11-9-19-7-5-4-6-8-19/h4-8,13-14,20H,9-12,15H2,1-3H3/t20-/m1/s1. The number of benzene rings is 1. The number of aromatic nitrogens is 2. The number of amides is 1. The third-order valence-corrected chi connectivity index (χ3v) is 5.60. The molecule has 1 atom stereocenters. The molecule has 1 amide bonds. The normalized spacial score (nSPS) is 16.3. The molecule has 1 aromatic carbocycles. The van der Waals surface area contributed by atoms with Crippen LogP contribution >= 0.6 is 0 Å². The van der Waals surface area contributed by atoms with Crippen molar-refractivity contribution < 1.29 is 14.1 Å². The lowest BCUT2D eigenvalue weighted by Crippen LogP contribution is -2.42. The molecule has 1 fully saturated rings. The van der Waals surface area contributed by atoms with Crippen LogP contribution < -0.4 is 0 Å². The Morgan fingerprint density at radius 2 is 2.00 bits per heavy atom. The molecule has 2 aromatic heterocycles. The Balaban J connectivity index is 1.62. The number of ether oxygens (including phenoxy) is 1. The molecule has 3 aromatic rings. The van der Waals surface area contributed by atoms with Gasteiger partial charge in [0.1, 0.15) is 5.76 Å². The van der Waals surface area contributed by atoms with Crippen molar-refractivity contribution in [2.24, 2.45) is 0 Å². The van der Waals surface area contributed by atoms with E-state index in [1.54, 1.807) is 0 Å². The van der Waals surface area contributed by atoms with Gasteiger partial charge in [-0.15, -0.1) is 0 Å². The molecule has 0 unspecified atom stereocenters. The van der Waals surface area contributed by atoms with Crippen LogP contribution in [0.25, 0.3) is 5.82 Å². The minimum Gasteiger partial charge on any atom is -0.379 e. The van der Waals surface area contributed by atoms with Gasteiger partial charge in [0.05, 0.1) is 18.2 Å². The van der Waals surface area contributed by atoms with Crippen molar-refractivity contribution in [2.45, 2.75) is 39.7 Å². The molecule has 0 bridgehead atoms. The maximum atomic E-state index is 13.6. The maximum Gasteiger partial charge on any atom is 0.256 e. The Bertz CT molecular complexity index is 984. The van der Waals surface area contributed by atoms with Crippen molar-refractivity contribution in [2.75, 3.05) is 19.8 Å². The molecular formula is C23H27N3O3. The lowest BCUT2D eigenvalue weighted by atomic mass is 10.1. The molecule has 152 valence electrons. The van der Waals surface area contributed by atoms with Crippen LogP contribution in [0.15, 0.2) is 47.0 Å². The minimum atomic E-state index is 0.0518. The average Bonchev–Trinajstić information content (AvgIpc) is 3.44. The fraction of sp³-hybridized carbons (Fsp3) is 0.391. The van der Waals surface area contributed by atoms with Crippen LogP contribution in [-0.2, 0) is 11.2 Å². The van der Waals surface area contributed by atoms with Gasteiger partial charge < -0.3 is 14.2 Å². The van der Waals surface area contributed by atoms with E-state index in [1.165, 1.54) is 5.56 Å². The summed E-state index contributed by atoms with van der Waals surface area (Å²) in [7, 11) is 0. The summed E-state index contributed by atoms with van der Waals surface area (Å²) in [6.07, 6.45) is 1.70. The van der Waals surface area contributed by atoms with Crippen molar-refractivity contribution >= 4 is 5.91 Å². The summed E-state index contributed by atoms with van der Waals surface area (Å²) in [4.78, 5) is 15.6. The molecule has 0 spiro atoms. The zero-order valence-electron chi connectivity index (χ0n) is 17.2. The summed E-state index contributed by atoms with van der Waals surface area (Å²) < 4.78 is 12.8. The van der Waals surface area contributed by atoms with E-state index in [4.69, 9.17) is 9.26 Å². The first kappa shape index (κ1) is 19.5. The third kappa shape index (κ3) is 3.98. The minimum absolute atomic E-state index is 0.0518. The molecule has 29 heavy (non-hydrogen) atoms. The molecule has 0 N–H and O–H groups in total. The van der Waals surface area contributed by atoms with Gasteiger partial charge >= 0.3 is 0 Å². The first-order chi connectivity index (χ1) is 14.0. The number of rotatable bonds is 6. The molecule has 1 aliphatic rings. The number of nitrogens with zero attached hydrogens (tertiary/aromatic N) is 3. The second-order valence-electron chi connectivity index (χ2n) is 7.67. The number of carbonyl (C=O) groups excluding carboxylic acids is 1. The van der Waals surface area contributed by atoms with Gasteiger partial charge in [-0.25, -0.2) is 0 Å². The number of hydrogen-bond donors (Lipinski definition) is 0. The number of aryl methyl sites for hydroxylation is 2. The summed E-state index contributed by atoms with van der Waals surface area (Å²) in [5.74, 6) is 1.50. The Labute approximate surface area is 171 Å². The largest absolute Gasteiger partial charge is 0.379 e. The quantitative estimate of drug-likeness (QED) is 0.638. The first-order valence-corrected chi connectivity index (χ1v) is 10.1. The van der Waals surface area contributed by atoms with Crippen molar-refractivity contribution in [1.29, 1.82) is 0 Å². The second kappa shape index (κ2) is 8.25. The Hall–Kier alpha value is -2.86. The SMILES string of the molecule is Cc1cc(-n2c(C)cc(C(=O)N(CCc3ccccc3)[C@@H]3CCOC3)c2C)no1. The van der Waals surface area contributed by atoms with Crippen molar-refractivity contribution in [3.05, 3.63) is 70.7 Å². The first-order valence-electron chi connectivity index (χ1n) is 10.1. The molecule has 0 saturated carbocycles. The number of hydrogen-bond acceptors (Lipinski definition) is 4. The summed E-state index contributed by atoms with van der Waals surface area (Å²) in [5.41, 5.74) is 3.78. The van der Waals surface area contributed by atoms with E-state index in [0.29, 0.717) is 31.1 Å². The summed E-state index contributed by atoms with van der Waals surface area (Å²) in [6, 6.07) is 14.2. The highest BCUT2D eigenvalue weighted by Crippen LogP contribution is 2.24. The van der Waals surface area contributed by atoms with E-state index >= 15 is 0 Å². The predicted molar refractivity (Wildman–Crippen MR) is 110 cm³/mol. The highest BCUT2D eigenvalue weighted by atomic mass is 16.5. The van der Waals surface area contributed by atoms with Gasteiger partial charge in [-0.1, -0.05) is 35.5 Å². The summed E-state index contributed by atoms with van der Waals surface area (Å²) >= 11 is 0. The van der Waals surface area contributed by atoms with Gasteiger partial charge in [0.2, 0.25) is 0 Å². The van der Waals surface area contributed by atoms with Gasteiger partial charge in [-0.05, 0) is 45.2 Å². The van der Waals surface area contributed by atoms with E-state index in [1.807, 2.05) is 60.6 Å². The highest BCUT2D eigenvalue weighted by molar-refractivity contribution is 5.96. The molecule has 6 nitrogen and oxygen atoms in total. The average molecular weight is 393 g/mol. The van der Waals surface area contributed by atoms with Gasteiger partial charge in [-0.2, -0.15) is 0 Å². The van der Waals surface area contributed by atoms with Crippen LogP contribution in [0.3, 0.4) is 0 Å². The molecule has 4 rings (SSSR count). The van der Waals surface area contributed by atoms with E-state index in [2.05, 4.69) is 17.3 Å². The Morgan fingerprint density at radius 1 is 1.21 bits per heavy atom. The summed E-state index contributed by atoms with van der Waals surface area (Å²) in [6.45, 7) is 7.79. The molecular weight excluding hydrogens is 366 g/mol. The molecule has 6 heteroatoms.